The number of fused-ring (bicyclic) bond motifs is 2. The lowest BCUT2D eigenvalue weighted by molar-refractivity contribution is 0.0331. The molecule has 0 fully saturated rings. The number of Topliss-reactive ketones (excluding diaryl/α,β-unsaturated/α-hetero) is 1. The van der Waals surface area contributed by atoms with Crippen LogP contribution in [-0.4, -0.2) is 21.4 Å². The summed E-state index contributed by atoms with van der Waals surface area (Å²) in [6.07, 6.45) is 3.29. The molecule has 0 saturated carbocycles. The van der Waals surface area contributed by atoms with Crippen molar-refractivity contribution in [1.29, 1.82) is 0 Å². The first kappa shape index (κ1) is 20.2. The molecule has 158 valence electrons. The number of rotatable bonds is 7. The van der Waals surface area contributed by atoms with Crippen molar-refractivity contribution in [2.45, 2.75) is 19.1 Å². The molecule has 0 amide bonds. The first-order chi connectivity index (χ1) is 15.7. The molecular weight excluding hydrogens is 396 g/mol. The van der Waals surface area contributed by atoms with Gasteiger partial charge in [0.2, 0.25) is 5.78 Å². The minimum Gasteiger partial charge on any atom is -0.365 e. The molecule has 0 saturated heterocycles. The van der Waals surface area contributed by atoms with Gasteiger partial charge in [0.15, 0.2) is 5.82 Å². The van der Waals surface area contributed by atoms with Gasteiger partial charge in [-0.2, -0.15) is 0 Å². The standard InChI is InChI=1S/C28H24N2O2/c1-30-15-14-29-28(30)27(31)26(18-20-10-12-22-6-2-4-8-24(22)16-20)32-19-21-11-13-23-7-3-5-9-25(23)17-21/h2-17,26H,18-19H2,1H3/t26-/m0/s1. The summed E-state index contributed by atoms with van der Waals surface area (Å²) in [5.74, 6) is 0.306. The zero-order valence-corrected chi connectivity index (χ0v) is 17.9. The van der Waals surface area contributed by atoms with Crippen molar-refractivity contribution in [2.24, 2.45) is 7.05 Å². The Hall–Kier alpha value is -3.76. The van der Waals surface area contributed by atoms with E-state index in [1.807, 2.05) is 31.3 Å². The highest BCUT2D eigenvalue weighted by Gasteiger charge is 2.25. The van der Waals surface area contributed by atoms with Crippen molar-refractivity contribution in [3.05, 3.63) is 114 Å². The van der Waals surface area contributed by atoms with Crippen LogP contribution in [0.25, 0.3) is 21.5 Å². The summed E-state index contributed by atoms with van der Waals surface area (Å²) in [6.45, 7) is 0.360. The van der Waals surface area contributed by atoms with Gasteiger partial charge >= 0.3 is 0 Å². The van der Waals surface area contributed by atoms with Crippen molar-refractivity contribution < 1.29 is 9.53 Å². The number of hydrogen-bond donors (Lipinski definition) is 0. The summed E-state index contributed by atoms with van der Waals surface area (Å²) >= 11 is 0. The maximum Gasteiger partial charge on any atom is 0.227 e. The zero-order chi connectivity index (χ0) is 21.9. The summed E-state index contributed by atoms with van der Waals surface area (Å²) in [5, 5.41) is 4.69. The van der Waals surface area contributed by atoms with Crippen molar-refractivity contribution in [3.8, 4) is 0 Å². The lowest BCUT2D eigenvalue weighted by Gasteiger charge is -2.18. The molecular formula is C28H24N2O2. The monoisotopic (exact) mass is 420 g/mol. The highest BCUT2D eigenvalue weighted by atomic mass is 16.5. The number of ketones is 1. The molecule has 5 rings (SSSR count). The Bertz CT molecular complexity index is 1400. The van der Waals surface area contributed by atoms with E-state index in [1.54, 1.807) is 17.0 Å². The van der Waals surface area contributed by atoms with Crippen LogP contribution in [0.5, 0.6) is 0 Å². The average molecular weight is 421 g/mol. The van der Waals surface area contributed by atoms with Crippen LogP contribution in [-0.2, 0) is 24.8 Å². The Kier molecular flexibility index (Phi) is 5.53. The number of benzene rings is 4. The Morgan fingerprint density at radius 2 is 1.44 bits per heavy atom. The maximum atomic E-state index is 13.3. The van der Waals surface area contributed by atoms with E-state index in [0.29, 0.717) is 18.9 Å². The van der Waals surface area contributed by atoms with E-state index in [2.05, 4.69) is 65.6 Å². The molecule has 4 nitrogen and oxygen atoms in total. The molecule has 0 radical (unpaired) electrons. The first-order valence-corrected chi connectivity index (χ1v) is 10.8. The Balaban J connectivity index is 1.41. The summed E-state index contributed by atoms with van der Waals surface area (Å²) in [6, 6.07) is 29.0. The van der Waals surface area contributed by atoms with Gasteiger partial charge in [-0.1, -0.05) is 78.9 Å². The van der Waals surface area contributed by atoms with Crippen LogP contribution >= 0.6 is 0 Å². The molecule has 0 bridgehead atoms. The molecule has 32 heavy (non-hydrogen) atoms. The normalized spacial score (nSPS) is 12.3. The maximum absolute atomic E-state index is 13.3. The van der Waals surface area contributed by atoms with Gasteiger partial charge in [0.05, 0.1) is 6.61 Å². The number of hydrogen-bond acceptors (Lipinski definition) is 3. The van der Waals surface area contributed by atoms with Crippen LogP contribution in [0, 0.1) is 0 Å². The molecule has 4 aromatic carbocycles. The van der Waals surface area contributed by atoms with Gasteiger partial charge in [-0.05, 0) is 38.7 Å². The van der Waals surface area contributed by atoms with Gasteiger partial charge in [-0.15, -0.1) is 0 Å². The molecule has 0 spiro atoms. The van der Waals surface area contributed by atoms with Crippen molar-refractivity contribution in [3.63, 3.8) is 0 Å². The number of aromatic nitrogens is 2. The third kappa shape index (κ3) is 4.18. The van der Waals surface area contributed by atoms with Crippen molar-refractivity contribution in [1.82, 2.24) is 9.55 Å². The van der Waals surface area contributed by atoms with E-state index < -0.39 is 6.10 Å². The lowest BCUT2D eigenvalue weighted by Crippen LogP contribution is -2.29. The van der Waals surface area contributed by atoms with E-state index in [-0.39, 0.29) is 5.78 Å². The fourth-order valence-corrected chi connectivity index (χ4v) is 4.08. The second-order valence-corrected chi connectivity index (χ2v) is 8.09. The average Bonchev–Trinajstić information content (AvgIpc) is 3.26. The van der Waals surface area contributed by atoms with E-state index >= 15 is 0 Å². The summed E-state index contributed by atoms with van der Waals surface area (Å²) in [7, 11) is 1.83. The van der Waals surface area contributed by atoms with Crippen LogP contribution < -0.4 is 0 Å². The molecule has 0 N–H and O–H groups in total. The number of carbonyl (C=O) groups excluding carboxylic acids is 1. The second kappa shape index (κ2) is 8.77. The molecule has 1 heterocycles. The third-order valence-electron chi connectivity index (χ3n) is 5.83. The SMILES string of the molecule is Cn1ccnc1C(=O)[C@H](Cc1ccc2ccccc2c1)OCc1ccc2ccccc2c1. The van der Waals surface area contributed by atoms with Gasteiger partial charge in [-0.25, -0.2) is 4.98 Å². The van der Waals surface area contributed by atoms with Crippen LogP contribution in [0.2, 0.25) is 0 Å². The van der Waals surface area contributed by atoms with E-state index in [4.69, 9.17) is 4.74 Å². The summed E-state index contributed by atoms with van der Waals surface area (Å²) in [4.78, 5) is 17.6. The number of ether oxygens (including phenoxy) is 1. The van der Waals surface area contributed by atoms with Crippen molar-refractivity contribution >= 4 is 27.3 Å². The summed E-state index contributed by atoms with van der Waals surface area (Å²) < 4.78 is 7.98. The minimum atomic E-state index is -0.622. The van der Waals surface area contributed by atoms with Crippen LogP contribution in [0.1, 0.15) is 21.7 Å². The predicted molar refractivity (Wildman–Crippen MR) is 128 cm³/mol. The van der Waals surface area contributed by atoms with Gasteiger partial charge in [0.25, 0.3) is 0 Å². The Morgan fingerprint density at radius 3 is 2.06 bits per heavy atom. The molecule has 0 aliphatic heterocycles. The largest absolute Gasteiger partial charge is 0.365 e. The molecule has 5 aromatic rings. The summed E-state index contributed by atoms with van der Waals surface area (Å²) in [5.41, 5.74) is 2.11. The van der Waals surface area contributed by atoms with E-state index in [1.165, 1.54) is 10.8 Å². The number of imidazole rings is 1. The number of carbonyl (C=O) groups is 1. The van der Waals surface area contributed by atoms with Gasteiger partial charge in [-0.3, -0.25) is 4.79 Å². The first-order valence-electron chi connectivity index (χ1n) is 10.8. The smallest absolute Gasteiger partial charge is 0.227 e. The highest BCUT2D eigenvalue weighted by molar-refractivity contribution is 5.96. The zero-order valence-electron chi connectivity index (χ0n) is 17.9. The van der Waals surface area contributed by atoms with Crippen molar-refractivity contribution in [2.75, 3.05) is 0 Å². The number of aryl methyl sites for hydroxylation is 1. The highest BCUT2D eigenvalue weighted by Crippen LogP contribution is 2.21. The Labute approximate surface area is 187 Å². The topological polar surface area (TPSA) is 44.1 Å². The van der Waals surface area contributed by atoms with Crippen LogP contribution in [0.15, 0.2) is 97.3 Å². The quantitative estimate of drug-likeness (QED) is 0.316. The molecule has 0 aliphatic rings. The fourth-order valence-electron chi connectivity index (χ4n) is 4.08. The van der Waals surface area contributed by atoms with Gasteiger partial charge in [0, 0.05) is 25.9 Å². The molecule has 0 aliphatic carbocycles. The third-order valence-corrected chi connectivity index (χ3v) is 5.83. The molecule has 0 unspecified atom stereocenters. The minimum absolute atomic E-state index is 0.105. The predicted octanol–water partition coefficient (Wildman–Crippen LogP) is 5.74. The Morgan fingerprint density at radius 1 is 0.844 bits per heavy atom. The second-order valence-electron chi connectivity index (χ2n) is 8.09. The van der Waals surface area contributed by atoms with Gasteiger partial charge < -0.3 is 9.30 Å². The molecule has 4 heteroatoms. The number of nitrogens with zero attached hydrogens (tertiary/aromatic N) is 2. The van der Waals surface area contributed by atoms with Gasteiger partial charge in [0.1, 0.15) is 6.10 Å². The van der Waals surface area contributed by atoms with Crippen LogP contribution in [0.4, 0.5) is 0 Å². The van der Waals surface area contributed by atoms with Crippen LogP contribution in [0.3, 0.4) is 0 Å². The molecule has 1 atom stereocenters. The van der Waals surface area contributed by atoms with E-state index in [0.717, 1.165) is 21.9 Å². The van der Waals surface area contributed by atoms with E-state index in [9.17, 15) is 4.79 Å². The lowest BCUT2D eigenvalue weighted by atomic mass is 10.0. The fraction of sp³-hybridized carbons (Fsp3) is 0.143. The molecule has 1 aromatic heterocycles.